The standard InChI is InChI=1S/C15H21NO2/c1-11-8-12(5-6-15(11)18-2)9-14(17)13-4-3-7-16-10-13/h5-6,8,13,16H,3-4,7,9-10H2,1-2H3. The molecule has 0 saturated carbocycles. The Bertz CT molecular complexity index is 423. The minimum absolute atomic E-state index is 0.196. The predicted molar refractivity (Wildman–Crippen MR) is 72.0 cm³/mol. The summed E-state index contributed by atoms with van der Waals surface area (Å²) in [6.07, 6.45) is 2.68. The summed E-state index contributed by atoms with van der Waals surface area (Å²) in [5.74, 6) is 1.43. The maximum atomic E-state index is 12.2. The smallest absolute Gasteiger partial charge is 0.141 e. The predicted octanol–water partition coefficient (Wildman–Crippen LogP) is 2.11. The van der Waals surface area contributed by atoms with Gasteiger partial charge in [-0.25, -0.2) is 0 Å². The van der Waals surface area contributed by atoms with Crippen LogP contribution in [0.15, 0.2) is 18.2 Å². The molecule has 0 aliphatic carbocycles. The number of ketones is 1. The Morgan fingerprint density at radius 1 is 1.50 bits per heavy atom. The Hall–Kier alpha value is -1.35. The van der Waals surface area contributed by atoms with Gasteiger partial charge in [-0.2, -0.15) is 0 Å². The second-order valence-corrected chi connectivity index (χ2v) is 4.99. The number of methoxy groups -OCH3 is 1. The van der Waals surface area contributed by atoms with Gasteiger partial charge in [0.2, 0.25) is 0 Å². The van der Waals surface area contributed by atoms with Gasteiger partial charge < -0.3 is 10.1 Å². The molecule has 1 aromatic carbocycles. The molecule has 18 heavy (non-hydrogen) atoms. The monoisotopic (exact) mass is 247 g/mol. The van der Waals surface area contributed by atoms with Crippen molar-refractivity contribution in [1.29, 1.82) is 0 Å². The highest BCUT2D eigenvalue weighted by molar-refractivity contribution is 5.83. The van der Waals surface area contributed by atoms with Crippen molar-refractivity contribution in [3.63, 3.8) is 0 Å². The van der Waals surface area contributed by atoms with E-state index >= 15 is 0 Å². The van der Waals surface area contributed by atoms with Gasteiger partial charge in [0.1, 0.15) is 11.5 Å². The van der Waals surface area contributed by atoms with E-state index < -0.39 is 0 Å². The molecule has 98 valence electrons. The zero-order valence-electron chi connectivity index (χ0n) is 11.2. The first-order valence-electron chi connectivity index (χ1n) is 6.57. The fraction of sp³-hybridized carbons (Fsp3) is 0.533. The van der Waals surface area contributed by atoms with E-state index in [1.807, 2.05) is 25.1 Å². The highest BCUT2D eigenvalue weighted by Crippen LogP contribution is 2.20. The normalized spacial score (nSPS) is 19.6. The Balaban J connectivity index is 2.00. The van der Waals surface area contributed by atoms with Gasteiger partial charge in [-0.3, -0.25) is 4.79 Å². The number of Topliss-reactive ketones (excluding diaryl/α,β-unsaturated/α-hetero) is 1. The van der Waals surface area contributed by atoms with Crippen LogP contribution < -0.4 is 10.1 Å². The van der Waals surface area contributed by atoms with E-state index in [0.717, 1.165) is 42.8 Å². The van der Waals surface area contributed by atoms with Gasteiger partial charge in [0.05, 0.1) is 7.11 Å². The van der Waals surface area contributed by atoms with E-state index in [4.69, 9.17) is 4.74 Å². The Morgan fingerprint density at radius 3 is 2.94 bits per heavy atom. The molecule has 0 amide bonds. The van der Waals surface area contributed by atoms with Crippen LogP contribution in [0, 0.1) is 12.8 Å². The average Bonchev–Trinajstić information content (AvgIpc) is 2.40. The first kappa shape index (κ1) is 13.1. The molecule has 0 radical (unpaired) electrons. The van der Waals surface area contributed by atoms with E-state index in [-0.39, 0.29) is 5.92 Å². The van der Waals surface area contributed by atoms with E-state index in [1.165, 1.54) is 0 Å². The van der Waals surface area contributed by atoms with Crippen molar-refractivity contribution in [3.05, 3.63) is 29.3 Å². The number of piperidine rings is 1. The lowest BCUT2D eigenvalue weighted by atomic mass is 9.91. The zero-order valence-corrected chi connectivity index (χ0v) is 11.2. The molecule has 3 heteroatoms. The lowest BCUT2D eigenvalue weighted by Gasteiger charge is -2.21. The summed E-state index contributed by atoms with van der Waals surface area (Å²) in [6, 6.07) is 5.98. The fourth-order valence-electron chi connectivity index (χ4n) is 2.52. The molecule has 1 aromatic rings. The van der Waals surface area contributed by atoms with Crippen LogP contribution in [0.1, 0.15) is 24.0 Å². The van der Waals surface area contributed by atoms with E-state index in [1.54, 1.807) is 7.11 Å². The van der Waals surface area contributed by atoms with E-state index in [2.05, 4.69) is 5.32 Å². The Labute approximate surface area is 109 Å². The largest absolute Gasteiger partial charge is 0.496 e. The number of hydrogen-bond donors (Lipinski definition) is 1. The highest BCUT2D eigenvalue weighted by Gasteiger charge is 2.20. The van der Waals surface area contributed by atoms with Crippen LogP contribution in [0.25, 0.3) is 0 Å². The third-order valence-electron chi connectivity index (χ3n) is 3.59. The minimum atomic E-state index is 0.196. The first-order chi connectivity index (χ1) is 8.70. The molecular formula is C15H21NO2. The topological polar surface area (TPSA) is 38.3 Å². The van der Waals surface area contributed by atoms with Crippen molar-refractivity contribution >= 4 is 5.78 Å². The van der Waals surface area contributed by atoms with Gasteiger partial charge in [0.25, 0.3) is 0 Å². The van der Waals surface area contributed by atoms with Crippen LogP contribution in [-0.2, 0) is 11.2 Å². The van der Waals surface area contributed by atoms with Crippen LogP contribution in [0.4, 0.5) is 0 Å². The summed E-state index contributed by atoms with van der Waals surface area (Å²) >= 11 is 0. The molecule has 0 spiro atoms. The van der Waals surface area contributed by atoms with Crippen LogP contribution in [-0.4, -0.2) is 26.0 Å². The number of ether oxygens (including phenoxy) is 1. The quantitative estimate of drug-likeness (QED) is 0.885. The maximum absolute atomic E-state index is 12.2. The second kappa shape index (κ2) is 6.01. The second-order valence-electron chi connectivity index (χ2n) is 4.99. The Kier molecular flexibility index (Phi) is 4.37. The molecule has 1 N–H and O–H groups in total. The molecule has 0 bridgehead atoms. The number of nitrogens with one attached hydrogen (secondary N) is 1. The lowest BCUT2D eigenvalue weighted by Crippen LogP contribution is -2.35. The fourth-order valence-corrected chi connectivity index (χ4v) is 2.52. The lowest BCUT2D eigenvalue weighted by molar-refractivity contribution is -0.122. The van der Waals surface area contributed by atoms with Gasteiger partial charge in [-0.15, -0.1) is 0 Å². The van der Waals surface area contributed by atoms with Gasteiger partial charge in [0, 0.05) is 18.9 Å². The molecule has 1 aliphatic heterocycles. The number of benzene rings is 1. The molecule has 1 aliphatic rings. The SMILES string of the molecule is COc1ccc(CC(=O)C2CCCNC2)cc1C. The summed E-state index contributed by atoms with van der Waals surface area (Å²) < 4.78 is 5.23. The molecule has 1 fully saturated rings. The summed E-state index contributed by atoms with van der Waals surface area (Å²) in [6.45, 7) is 3.90. The van der Waals surface area contributed by atoms with Crippen molar-refractivity contribution < 1.29 is 9.53 Å². The van der Waals surface area contributed by atoms with Gasteiger partial charge in [-0.05, 0) is 43.5 Å². The molecular weight excluding hydrogens is 226 g/mol. The summed E-state index contributed by atoms with van der Waals surface area (Å²) in [5, 5.41) is 3.29. The summed E-state index contributed by atoms with van der Waals surface area (Å²) in [4.78, 5) is 12.2. The highest BCUT2D eigenvalue weighted by atomic mass is 16.5. The van der Waals surface area contributed by atoms with Gasteiger partial charge >= 0.3 is 0 Å². The molecule has 2 rings (SSSR count). The molecule has 0 aromatic heterocycles. The summed E-state index contributed by atoms with van der Waals surface area (Å²) in [7, 11) is 1.67. The average molecular weight is 247 g/mol. The molecule has 3 nitrogen and oxygen atoms in total. The molecule has 1 atom stereocenters. The third kappa shape index (κ3) is 3.10. The van der Waals surface area contributed by atoms with Gasteiger partial charge in [-0.1, -0.05) is 12.1 Å². The van der Waals surface area contributed by atoms with Crippen LogP contribution in [0.2, 0.25) is 0 Å². The number of rotatable bonds is 4. The van der Waals surface area contributed by atoms with Crippen molar-refractivity contribution in [2.45, 2.75) is 26.2 Å². The van der Waals surface area contributed by atoms with Crippen molar-refractivity contribution in [1.82, 2.24) is 5.32 Å². The van der Waals surface area contributed by atoms with Crippen molar-refractivity contribution in [2.75, 3.05) is 20.2 Å². The van der Waals surface area contributed by atoms with E-state index in [9.17, 15) is 4.79 Å². The number of hydrogen-bond acceptors (Lipinski definition) is 3. The van der Waals surface area contributed by atoms with Gasteiger partial charge in [0.15, 0.2) is 0 Å². The van der Waals surface area contributed by atoms with Crippen molar-refractivity contribution in [3.8, 4) is 5.75 Å². The molecule has 1 heterocycles. The Morgan fingerprint density at radius 2 is 2.33 bits per heavy atom. The number of carbonyl (C=O) groups is 1. The van der Waals surface area contributed by atoms with Crippen LogP contribution in [0.3, 0.4) is 0 Å². The minimum Gasteiger partial charge on any atom is -0.496 e. The molecule has 1 unspecified atom stereocenters. The third-order valence-corrected chi connectivity index (χ3v) is 3.59. The maximum Gasteiger partial charge on any atom is 0.141 e. The zero-order chi connectivity index (χ0) is 13.0. The van der Waals surface area contributed by atoms with Crippen LogP contribution >= 0.6 is 0 Å². The van der Waals surface area contributed by atoms with Crippen LogP contribution in [0.5, 0.6) is 5.75 Å². The summed E-state index contributed by atoms with van der Waals surface area (Å²) in [5.41, 5.74) is 2.17. The van der Waals surface area contributed by atoms with E-state index in [0.29, 0.717) is 12.2 Å². The van der Waals surface area contributed by atoms with Crippen molar-refractivity contribution in [2.24, 2.45) is 5.92 Å². The number of aryl methyl sites for hydroxylation is 1. The molecule has 1 saturated heterocycles. The first-order valence-corrected chi connectivity index (χ1v) is 6.57. The number of carbonyl (C=O) groups excluding carboxylic acids is 1.